The second kappa shape index (κ2) is 3.67. The van der Waals surface area contributed by atoms with Gasteiger partial charge < -0.3 is 5.21 Å². The van der Waals surface area contributed by atoms with Gasteiger partial charge in [0.2, 0.25) is 5.69 Å². The molecule has 0 saturated heterocycles. The molecule has 1 aromatic heterocycles. The van der Waals surface area contributed by atoms with Crippen LogP contribution in [0.3, 0.4) is 0 Å². The first kappa shape index (κ1) is 9.87. The van der Waals surface area contributed by atoms with Gasteiger partial charge in [-0.2, -0.15) is 15.1 Å². The maximum atomic E-state index is 11.0. The SMILES string of the molecule is [O-][n+]1c(Br)cc([NH+](O)O)cc1Br. The fourth-order valence-corrected chi connectivity index (χ4v) is 1.76. The quantitative estimate of drug-likeness (QED) is 0.299. The van der Waals surface area contributed by atoms with Gasteiger partial charge in [-0.3, -0.25) is 0 Å². The van der Waals surface area contributed by atoms with Crippen molar-refractivity contribution in [2.45, 2.75) is 0 Å². The standard InChI is InChI=1S/C5H4Br2N2O3/c6-4-1-3(9(11)12)2-5(7)8(4)10/h1-2,11-12H/p+1. The van der Waals surface area contributed by atoms with E-state index in [2.05, 4.69) is 31.9 Å². The maximum Gasteiger partial charge on any atom is 0.266 e. The van der Waals surface area contributed by atoms with Gasteiger partial charge in [-0.05, 0) is 5.23 Å². The van der Waals surface area contributed by atoms with Crippen LogP contribution in [0.15, 0.2) is 21.3 Å². The molecule has 1 rings (SSSR count). The fourth-order valence-electron chi connectivity index (χ4n) is 0.647. The van der Waals surface area contributed by atoms with Crippen molar-refractivity contribution in [1.29, 1.82) is 0 Å². The van der Waals surface area contributed by atoms with Crippen LogP contribution in [0, 0.1) is 5.21 Å². The third-order valence-electron chi connectivity index (χ3n) is 1.20. The zero-order valence-electron chi connectivity index (χ0n) is 5.66. The van der Waals surface area contributed by atoms with Crippen molar-refractivity contribution < 1.29 is 20.4 Å². The van der Waals surface area contributed by atoms with Gasteiger partial charge in [0.1, 0.15) is 0 Å². The van der Waals surface area contributed by atoms with Crippen LogP contribution in [0.1, 0.15) is 0 Å². The van der Waals surface area contributed by atoms with Crippen LogP contribution in [0.2, 0.25) is 0 Å². The van der Waals surface area contributed by atoms with E-state index in [-0.39, 0.29) is 14.9 Å². The van der Waals surface area contributed by atoms with Crippen molar-refractivity contribution in [1.82, 2.24) is 0 Å². The zero-order chi connectivity index (χ0) is 9.30. The normalized spacial score (nSPS) is 10.8. The molecule has 7 heteroatoms. The summed E-state index contributed by atoms with van der Waals surface area (Å²) in [4.78, 5) is 0. The van der Waals surface area contributed by atoms with Crippen molar-refractivity contribution in [3.05, 3.63) is 26.5 Å². The van der Waals surface area contributed by atoms with Crippen LogP contribution in [0.4, 0.5) is 5.69 Å². The van der Waals surface area contributed by atoms with E-state index in [4.69, 9.17) is 10.4 Å². The molecule has 1 heterocycles. The topological polar surface area (TPSA) is 71.8 Å². The maximum absolute atomic E-state index is 11.0. The first-order chi connectivity index (χ1) is 5.52. The largest absolute Gasteiger partial charge is 0.617 e. The Morgan fingerprint density at radius 1 is 1.25 bits per heavy atom. The monoisotopic (exact) mass is 299 g/mol. The van der Waals surface area contributed by atoms with Gasteiger partial charge in [0.15, 0.2) is 0 Å². The van der Waals surface area contributed by atoms with Gasteiger partial charge in [-0.1, -0.05) is 0 Å². The summed E-state index contributed by atoms with van der Waals surface area (Å²) < 4.78 is 0.965. The zero-order valence-corrected chi connectivity index (χ0v) is 8.83. The molecule has 0 aliphatic heterocycles. The summed E-state index contributed by atoms with van der Waals surface area (Å²) in [5.74, 6) is 0. The second-order valence-electron chi connectivity index (χ2n) is 2.01. The lowest BCUT2D eigenvalue weighted by Crippen LogP contribution is -3.02. The molecule has 0 radical (unpaired) electrons. The molecule has 66 valence electrons. The molecule has 0 unspecified atom stereocenters. The highest BCUT2D eigenvalue weighted by molar-refractivity contribution is 9.11. The average Bonchev–Trinajstić information content (AvgIpc) is 1.99. The first-order valence-corrected chi connectivity index (χ1v) is 4.45. The Kier molecular flexibility index (Phi) is 3.02. The summed E-state index contributed by atoms with van der Waals surface area (Å²) in [5, 5.41) is 27.5. The smallest absolute Gasteiger partial charge is 0.266 e. The molecule has 0 spiro atoms. The molecule has 0 saturated carbocycles. The van der Waals surface area contributed by atoms with Crippen LogP contribution < -0.4 is 9.96 Å². The van der Waals surface area contributed by atoms with Crippen LogP contribution in [0.25, 0.3) is 0 Å². The van der Waals surface area contributed by atoms with Gasteiger partial charge in [0, 0.05) is 31.9 Å². The Balaban J connectivity index is 3.21. The lowest BCUT2D eigenvalue weighted by atomic mass is 10.4. The highest BCUT2D eigenvalue weighted by atomic mass is 79.9. The number of pyridine rings is 1. The predicted octanol–water partition coefficient (Wildman–Crippen LogP) is 0.140. The van der Waals surface area contributed by atoms with E-state index in [0.717, 1.165) is 0 Å². The number of hydrogen-bond acceptors (Lipinski definition) is 3. The lowest BCUT2D eigenvalue weighted by molar-refractivity contribution is -1.19. The van der Waals surface area contributed by atoms with Gasteiger partial charge in [-0.25, -0.2) is 0 Å². The molecular formula is C5H5Br2N2O3+. The van der Waals surface area contributed by atoms with E-state index in [9.17, 15) is 5.21 Å². The molecule has 0 aromatic carbocycles. The highest BCUT2D eigenvalue weighted by Gasteiger charge is 2.15. The molecule has 5 nitrogen and oxygen atoms in total. The Labute approximate surface area is 84.6 Å². The van der Waals surface area contributed by atoms with Crippen molar-refractivity contribution in [3.8, 4) is 0 Å². The lowest BCUT2D eigenvalue weighted by Gasteiger charge is -2.03. The van der Waals surface area contributed by atoms with Crippen molar-refractivity contribution >= 4 is 37.5 Å². The van der Waals surface area contributed by atoms with Gasteiger partial charge in [0.25, 0.3) is 9.21 Å². The minimum atomic E-state index is -0.822. The molecule has 1 aromatic rings. The fraction of sp³-hybridized carbons (Fsp3) is 0. The molecule has 3 N–H and O–H groups in total. The van der Waals surface area contributed by atoms with E-state index in [1.54, 1.807) is 0 Å². The molecule has 0 atom stereocenters. The third kappa shape index (κ3) is 1.93. The van der Waals surface area contributed by atoms with Gasteiger partial charge >= 0.3 is 0 Å². The molecule has 12 heavy (non-hydrogen) atoms. The second-order valence-corrected chi connectivity index (χ2v) is 3.63. The molecule has 0 amide bonds. The first-order valence-electron chi connectivity index (χ1n) is 2.86. The molecular weight excluding hydrogens is 296 g/mol. The molecule has 0 aliphatic rings. The van der Waals surface area contributed by atoms with Crippen LogP contribution in [-0.4, -0.2) is 10.4 Å². The number of aromatic nitrogens is 1. The Morgan fingerprint density at radius 3 is 2.00 bits per heavy atom. The Bertz CT molecular complexity index is 282. The number of halogens is 2. The van der Waals surface area contributed by atoms with E-state index in [1.807, 2.05) is 0 Å². The van der Waals surface area contributed by atoms with Crippen molar-refractivity contribution in [3.63, 3.8) is 0 Å². The minimum absolute atomic E-state index is 0.167. The predicted molar refractivity (Wildman–Crippen MR) is 45.0 cm³/mol. The van der Waals surface area contributed by atoms with E-state index in [0.29, 0.717) is 4.73 Å². The van der Waals surface area contributed by atoms with Crippen LogP contribution in [0.5, 0.6) is 0 Å². The summed E-state index contributed by atoms with van der Waals surface area (Å²) >= 11 is 5.90. The van der Waals surface area contributed by atoms with Crippen LogP contribution >= 0.6 is 31.9 Å². The van der Waals surface area contributed by atoms with Crippen molar-refractivity contribution in [2.24, 2.45) is 0 Å². The number of quaternary nitrogens is 1. The summed E-state index contributed by atoms with van der Waals surface area (Å²) in [6.45, 7) is 0. The summed E-state index contributed by atoms with van der Waals surface area (Å²) in [5.41, 5.74) is 0.167. The average molecular weight is 301 g/mol. The third-order valence-corrected chi connectivity index (χ3v) is 2.30. The van der Waals surface area contributed by atoms with Crippen LogP contribution in [-0.2, 0) is 0 Å². The Hall–Kier alpha value is -0.210. The van der Waals surface area contributed by atoms with Gasteiger partial charge in [0.05, 0.1) is 12.1 Å². The highest BCUT2D eigenvalue weighted by Crippen LogP contribution is 2.14. The molecule has 0 fully saturated rings. The number of nitrogens with zero attached hydrogens (tertiary/aromatic N) is 1. The van der Waals surface area contributed by atoms with Gasteiger partial charge in [-0.15, -0.1) is 0 Å². The van der Waals surface area contributed by atoms with Crippen molar-refractivity contribution in [2.75, 3.05) is 0 Å². The summed E-state index contributed by atoms with van der Waals surface area (Å²) in [6.07, 6.45) is 0. The summed E-state index contributed by atoms with van der Waals surface area (Å²) in [7, 11) is 0. The Morgan fingerprint density at radius 2 is 1.67 bits per heavy atom. The van der Waals surface area contributed by atoms with E-state index in [1.165, 1.54) is 12.1 Å². The number of nitrogens with one attached hydrogen (secondary N) is 1. The molecule has 0 aliphatic carbocycles. The van der Waals surface area contributed by atoms with E-state index < -0.39 is 5.23 Å². The summed E-state index contributed by atoms with van der Waals surface area (Å²) in [6, 6.07) is 2.60. The molecule has 0 bridgehead atoms. The number of hydrogen-bond donors (Lipinski definition) is 3. The minimum Gasteiger partial charge on any atom is -0.617 e. The van der Waals surface area contributed by atoms with E-state index >= 15 is 0 Å². The number of rotatable bonds is 1.